The van der Waals surface area contributed by atoms with Gasteiger partial charge in [0.15, 0.2) is 6.61 Å². The van der Waals surface area contributed by atoms with E-state index in [9.17, 15) is 14.4 Å². The molecule has 8 nitrogen and oxygen atoms in total. The summed E-state index contributed by atoms with van der Waals surface area (Å²) < 4.78 is 16.1. The number of fused-ring (bicyclic) bond motifs is 3. The maximum Gasteiger partial charge on any atom is 0.409 e. The van der Waals surface area contributed by atoms with Crippen LogP contribution in [0, 0.1) is 6.92 Å². The van der Waals surface area contributed by atoms with Gasteiger partial charge in [-0.3, -0.25) is 4.79 Å². The number of amides is 2. The van der Waals surface area contributed by atoms with Gasteiger partial charge in [-0.05, 0) is 50.3 Å². The number of carbonyl (C=O) groups excluding carboxylic acids is 2. The zero-order valence-corrected chi connectivity index (χ0v) is 17.4. The minimum Gasteiger partial charge on any atom is -0.483 e. The van der Waals surface area contributed by atoms with Gasteiger partial charge in [0.1, 0.15) is 11.3 Å². The fourth-order valence-corrected chi connectivity index (χ4v) is 4.28. The molecule has 0 radical (unpaired) electrons. The Morgan fingerprint density at radius 2 is 1.70 bits per heavy atom. The van der Waals surface area contributed by atoms with E-state index in [4.69, 9.17) is 13.9 Å². The predicted molar refractivity (Wildman–Crippen MR) is 110 cm³/mol. The van der Waals surface area contributed by atoms with Gasteiger partial charge < -0.3 is 23.7 Å². The highest BCUT2D eigenvalue weighted by molar-refractivity contribution is 5.86. The molecule has 0 bridgehead atoms. The molecule has 8 heteroatoms. The molecule has 2 aromatic rings. The zero-order valence-electron chi connectivity index (χ0n) is 17.4. The Hall–Kier alpha value is -3.03. The third kappa shape index (κ3) is 3.74. The Morgan fingerprint density at radius 3 is 2.40 bits per heavy atom. The van der Waals surface area contributed by atoms with Crippen molar-refractivity contribution in [2.24, 2.45) is 0 Å². The number of nitrogens with zero attached hydrogens (tertiary/aromatic N) is 2. The summed E-state index contributed by atoms with van der Waals surface area (Å²) in [7, 11) is 1.34. The second kappa shape index (κ2) is 8.38. The fraction of sp³-hybridized carbons (Fsp3) is 0.500. The van der Waals surface area contributed by atoms with Crippen molar-refractivity contribution < 1.29 is 23.5 Å². The second-order valence-corrected chi connectivity index (χ2v) is 7.75. The minimum atomic E-state index is -0.381. The summed E-state index contributed by atoms with van der Waals surface area (Å²) in [5.74, 6) is 0.383. The number of piperazine rings is 1. The van der Waals surface area contributed by atoms with Crippen LogP contribution >= 0.6 is 0 Å². The van der Waals surface area contributed by atoms with Crippen LogP contribution in [-0.4, -0.2) is 61.7 Å². The van der Waals surface area contributed by atoms with Crippen molar-refractivity contribution in [2.75, 3.05) is 39.9 Å². The summed E-state index contributed by atoms with van der Waals surface area (Å²) in [5, 5.41) is 0.958. The Bertz CT molecular complexity index is 1040. The molecule has 1 fully saturated rings. The highest BCUT2D eigenvalue weighted by atomic mass is 16.5. The molecule has 2 amide bonds. The van der Waals surface area contributed by atoms with E-state index in [0.29, 0.717) is 37.5 Å². The first-order valence-electron chi connectivity index (χ1n) is 10.3. The largest absolute Gasteiger partial charge is 0.483 e. The number of hydrogen-bond acceptors (Lipinski definition) is 6. The monoisotopic (exact) mass is 414 g/mol. The smallest absolute Gasteiger partial charge is 0.409 e. The Kier molecular flexibility index (Phi) is 5.65. The molecule has 30 heavy (non-hydrogen) atoms. The number of ether oxygens (including phenoxy) is 2. The fourth-order valence-electron chi connectivity index (χ4n) is 4.28. The summed E-state index contributed by atoms with van der Waals surface area (Å²) in [6.07, 6.45) is 3.35. The Balaban J connectivity index is 1.46. The highest BCUT2D eigenvalue weighted by Crippen LogP contribution is 2.32. The van der Waals surface area contributed by atoms with Crippen LogP contribution in [0.25, 0.3) is 11.0 Å². The zero-order chi connectivity index (χ0) is 21.3. The van der Waals surface area contributed by atoms with Gasteiger partial charge in [-0.2, -0.15) is 0 Å². The number of hydrogen-bond donors (Lipinski definition) is 0. The van der Waals surface area contributed by atoms with E-state index in [0.717, 1.165) is 47.8 Å². The summed E-state index contributed by atoms with van der Waals surface area (Å²) in [6, 6.07) is 3.76. The van der Waals surface area contributed by atoms with Crippen molar-refractivity contribution in [1.29, 1.82) is 0 Å². The van der Waals surface area contributed by atoms with E-state index in [1.807, 2.05) is 19.1 Å². The molecular formula is C22H26N2O6. The molecular weight excluding hydrogens is 388 g/mol. The molecule has 1 aliphatic carbocycles. The van der Waals surface area contributed by atoms with E-state index < -0.39 is 0 Å². The maximum atomic E-state index is 12.5. The van der Waals surface area contributed by atoms with Crippen LogP contribution < -0.4 is 10.4 Å². The molecule has 2 heterocycles. The number of aryl methyl sites for hydroxylation is 2. The SMILES string of the molecule is COC(=O)N1CCN(C(=O)COc2ccc3c4c(c(=O)oc3c2C)CCCC4)CC1. The van der Waals surface area contributed by atoms with E-state index in [-0.39, 0.29) is 24.2 Å². The van der Waals surface area contributed by atoms with Crippen LogP contribution in [0.1, 0.15) is 29.5 Å². The van der Waals surface area contributed by atoms with Gasteiger partial charge in [-0.1, -0.05) is 0 Å². The molecule has 0 atom stereocenters. The van der Waals surface area contributed by atoms with Gasteiger partial charge in [-0.15, -0.1) is 0 Å². The van der Waals surface area contributed by atoms with Gasteiger partial charge in [0, 0.05) is 42.7 Å². The molecule has 0 spiro atoms. The van der Waals surface area contributed by atoms with Gasteiger partial charge in [-0.25, -0.2) is 9.59 Å². The molecule has 1 aliphatic heterocycles. The minimum absolute atomic E-state index is 0.111. The summed E-state index contributed by atoms with van der Waals surface area (Å²) >= 11 is 0. The molecule has 4 rings (SSSR count). The molecule has 160 valence electrons. The van der Waals surface area contributed by atoms with Crippen LogP contribution in [0.4, 0.5) is 4.79 Å². The average Bonchev–Trinajstić information content (AvgIpc) is 2.78. The van der Waals surface area contributed by atoms with Crippen molar-refractivity contribution in [3.05, 3.63) is 39.2 Å². The van der Waals surface area contributed by atoms with Gasteiger partial charge in [0.25, 0.3) is 5.91 Å². The van der Waals surface area contributed by atoms with Crippen molar-refractivity contribution in [1.82, 2.24) is 9.80 Å². The Labute approximate surface area is 174 Å². The van der Waals surface area contributed by atoms with Crippen LogP contribution in [0.2, 0.25) is 0 Å². The van der Waals surface area contributed by atoms with Crippen LogP contribution in [-0.2, 0) is 22.4 Å². The molecule has 0 N–H and O–H groups in total. The molecule has 1 aromatic carbocycles. The van der Waals surface area contributed by atoms with E-state index in [1.54, 1.807) is 9.80 Å². The molecule has 1 aromatic heterocycles. The van der Waals surface area contributed by atoms with Crippen molar-refractivity contribution in [3.8, 4) is 5.75 Å². The number of benzene rings is 1. The van der Waals surface area contributed by atoms with E-state index in [2.05, 4.69) is 0 Å². The van der Waals surface area contributed by atoms with E-state index >= 15 is 0 Å². The lowest BCUT2D eigenvalue weighted by Crippen LogP contribution is -2.51. The lowest BCUT2D eigenvalue weighted by atomic mass is 9.90. The molecule has 2 aliphatic rings. The first-order chi connectivity index (χ1) is 14.5. The van der Waals surface area contributed by atoms with Gasteiger partial charge in [0.2, 0.25) is 0 Å². The summed E-state index contributed by atoms with van der Waals surface area (Å²) in [5.41, 5.74) is 2.88. The van der Waals surface area contributed by atoms with Crippen molar-refractivity contribution in [3.63, 3.8) is 0 Å². The van der Waals surface area contributed by atoms with E-state index in [1.165, 1.54) is 7.11 Å². The third-order valence-electron chi connectivity index (χ3n) is 6.01. The van der Waals surface area contributed by atoms with Gasteiger partial charge in [0.05, 0.1) is 7.11 Å². The van der Waals surface area contributed by atoms with Crippen molar-refractivity contribution >= 4 is 23.0 Å². The maximum absolute atomic E-state index is 12.5. The first kappa shape index (κ1) is 20.3. The molecule has 0 unspecified atom stereocenters. The predicted octanol–water partition coefficient (Wildman–Crippen LogP) is 2.27. The number of methoxy groups -OCH3 is 1. The van der Waals surface area contributed by atoms with Gasteiger partial charge >= 0.3 is 11.7 Å². The molecule has 1 saturated heterocycles. The van der Waals surface area contributed by atoms with Crippen LogP contribution in [0.15, 0.2) is 21.3 Å². The quantitative estimate of drug-likeness (QED) is 0.716. The highest BCUT2D eigenvalue weighted by Gasteiger charge is 2.25. The normalized spacial score (nSPS) is 16.3. The lowest BCUT2D eigenvalue weighted by molar-refractivity contribution is -0.134. The summed E-state index contributed by atoms with van der Waals surface area (Å²) in [6.45, 7) is 3.48. The van der Waals surface area contributed by atoms with Crippen LogP contribution in [0.3, 0.4) is 0 Å². The Morgan fingerprint density at radius 1 is 1.03 bits per heavy atom. The second-order valence-electron chi connectivity index (χ2n) is 7.75. The average molecular weight is 414 g/mol. The first-order valence-corrected chi connectivity index (χ1v) is 10.3. The number of carbonyl (C=O) groups is 2. The number of rotatable bonds is 3. The van der Waals surface area contributed by atoms with Crippen molar-refractivity contribution in [2.45, 2.75) is 32.6 Å². The van der Waals surface area contributed by atoms with Crippen LogP contribution in [0.5, 0.6) is 5.75 Å². The lowest BCUT2D eigenvalue weighted by Gasteiger charge is -2.33. The topological polar surface area (TPSA) is 89.3 Å². The summed E-state index contributed by atoms with van der Waals surface area (Å²) in [4.78, 5) is 39.7. The standard InChI is InChI=1S/C22H26N2O6/c1-14-18(29-13-19(25)23-9-11-24(12-10-23)22(27)28-2)8-7-16-15-5-3-4-6-17(15)21(26)30-20(14)16/h7-8H,3-6,9-13H2,1-2H3. The third-order valence-corrected chi connectivity index (χ3v) is 6.01. The molecule has 0 saturated carbocycles.